The van der Waals surface area contributed by atoms with Gasteiger partial charge >= 0.3 is 0 Å². The zero-order chi connectivity index (χ0) is 20.9. The Balaban J connectivity index is 1.72. The minimum Gasteiger partial charge on any atom is -0.352 e. The van der Waals surface area contributed by atoms with E-state index < -0.39 is 27.6 Å². The third-order valence-corrected chi connectivity index (χ3v) is 5.46. The molecule has 150 valence electrons. The first-order chi connectivity index (χ1) is 13.9. The predicted octanol–water partition coefficient (Wildman–Crippen LogP) is 3.13. The lowest BCUT2D eigenvalue weighted by molar-refractivity contribution is 0.0951. The van der Waals surface area contributed by atoms with Crippen LogP contribution in [0.5, 0.6) is 0 Å². The van der Waals surface area contributed by atoms with Gasteiger partial charge in [-0.2, -0.15) is 0 Å². The lowest BCUT2D eigenvalue weighted by Crippen LogP contribution is -2.28. The topological polar surface area (TPSA) is 88.2 Å². The van der Waals surface area contributed by atoms with Crippen LogP contribution in [0.1, 0.15) is 15.9 Å². The fourth-order valence-electron chi connectivity index (χ4n) is 2.63. The molecule has 0 fully saturated rings. The molecule has 9 heteroatoms. The monoisotopic (exact) mass is 417 g/mol. The van der Waals surface area contributed by atoms with Crippen molar-refractivity contribution in [2.75, 3.05) is 11.3 Å². The molecule has 0 aliphatic rings. The summed E-state index contributed by atoms with van der Waals surface area (Å²) in [5.41, 5.74) is 0.735. The second kappa shape index (κ2) is 8.78. The number of nitrogens with zero attached hydrogens (tertiary/aromatic N) is 1. The maximum atomic E-state index is 13.3. The Labute approximate surface area is 166 Å². The molecule has 0 saturated carbocycles. The van der Waals surface area contributed by atoms with Crippen LogP contribution in [0.25, 0.3) is 0 Å². The summed E-state index contributed by atoms with van der Waals surface area (Å²) in [4.78, 5) is 16.2. The Bertz CT molecular complexity index is 1120. The molecule has 3 aromatic rings. The summed E-state index contributed by atoms with van der Waals surface area (Å²) < 4.78 is 54.0. The molecule has 0 saturated heterocycles. The molecule has 2 N–H and O–H groups in total. The van der Waals surface area contributed by atoms with Crippen molar-refractivity contribution in [3.05, 3.63) is 89.8 Å². The van der Waals surface area contributed by atoms with Gasteiger partial charge in [0.2, 0.25) is 0 Å². The van der Waals surface area contributed by atoms with Crippen LogP contribution < -0.4 is 10.0 Å². The minimum atomic E-state index is -4.02. The number of aromatic nitrogens is 1. The highest BCUT2D eigenvalue weighted by Crippen LogP contribution is 2.19. The zero-order valence-corrected chi connectivity index (χ0v) is 15.9. The Morgan fingerprint density at radius 2 is 1.79 bits per heavy atom. The van der Waals surface area contributed by atoms with Gasteiger partial charge in [0.25, 0.3) is 15.9 Å². The highest BCUT2D eigenvalue weighted by atomic mass is 32.2. The van der Waals surface area contributed by atoms with Crippen LogP contribution in [0.3, 0.4) is 0 Å². The van der Waals surface area contributed by atoms with Crippen LogP contribution in [0.2, 0.25) is 0 Å². The average Bonchev–Trinajstić information content (AvgIpc) is 2.71. The number of rotatable bonds is 7. The van der Waals surface area contributed by atoms with Gasteiger partial charge in [-0.15, -0.1) is 0 Å². The first kappa shape index (κ1) is 20.4. The number of halogens is 2. The molecule has 0 aliphatic heterocycles. The van der Waals surface area contributed by atoms with E-state index in [4.69, 9.17) is 0 Å². The highest BCUT2D eigenvalue weighted by molar-refractivity contribution is 7.92. The fraction of sp³-hybridized carbons (Fsp3) is 0.100. The SMILES string of the molecule is O=C(NCCc1ccc(F)c(F)c1)c1ccccc1S(=O)(=O)Nc1cccnc1. The summed E-state index contributed by atoms with van der Waals surface area (Å²) in [5, 5.41) is 2.60. The second-order valence-electron chi connectivity index (χ2n) is 6.10. The summed E-state index contributed by atoms with van der Waals surface area (Å²) in [6.45, 7) is 0.119. The summed E-state index contributed by atoms with van der Waals surface area (Å²) in [6, 6.07) is 12.4. The normalized spacial score (nSPS) is 11.1. The molecule has 0 bridgehead atoms. The van der Waals surface area contributed by atoms with Crippen molar-refractivity contribution < 1.29 is 22.0 Å². The number of sulfonamides is 1. The van der Waals surface area contributed by atoms with Gasteiger partial charge < -0.3 is 5.32 Å². The van der Waals surface area contributed by atoms with Crippen molar-refractivity contribution >= 4 is 21.6 Å². The van der Waals surface area contributed by atoms with Gasteiger partial charge in [-0.05, 0) is 48.4 Å². The van der Waals surface area contributed by atoms with Gasteiger partial charge in [-0.3, -0.25) is 14.5 Å². The van der Waals surface area contributed by atoms with Gasteiger partial charge in [0.15, 0.2) is 11.6 Å². The van der Waals surface area contributed by atoms with Crippen molar-refractivity contribution in [3.63, 3.8) is 0 Å². The lowest BCUT2D eigenvalue weighted by atomic mass is 10.1. The van der Waals surface area contributed by atoms with Gasteiger partial charge in [-0.25, -0.2) is 17.2 Å². The van der Waals surface area contributed by atoms with Crippen molar-refractivity contribution in [2.24, 2.45) is 0 Å². The Hall–Kier alpha value is -3.33. The summed E-state index contributed by atoms with van der Waals surface area (Å²) in [7, 11) is -4.02. The molecule has 1 aromatic heterocycles. The molecule has 0 spiro atoms. The molecule has 1 heterocycles. The van der Waals surface area contributed by atoms with E-state index in [1.807, 2.05) is 0 Å². The average molecular weight is 417 g/mol. The molecule has 0 unspecified atom stereocenters. The second-order valence-corrected chi connectivity index (χ2v) is 7.75. The van der Waals surface area contributed by atoms with Gasteiger partial charge in [-0.1, -0.05) is 18.2 Å². The largest absolute Gasteiger partial charge is 0.352 e. The van der Waals surface area contributed by atoms with E-state index in [1.54, 1.807) is 12.1 Å². The smallest absolute Gasteiger partial charge is 0.262 e. The molecule has 0 aliphatic carbocycles. The van der Waals surface area contributed by atoms with E-state index in [0.29, 0.717) is 5.56 Å². The highest BCUT2D eigenvalue weighted by Gasteiger charge is 2.22. The molecule has 6 nitrogen and oxygen atoms in total. The number of hydrogen-bond donors (Lipinski definition) is 2. The van der Waals surface area contributed by atoms with Crippen LogP contribution in [0.15, 0.2) is 71.9 Å². The predicted molar refractivity (Wildman–Crippen MR) is 104 cm³/mol. The maximum absolute atomic E-state index is 13.3. The van der Waals surface area contributed by atoms with Crippen molar-refractivity contribution in [1.29, 1.82) is 0 Å². The van der Waals surface area contributed by atoms with Gasteiger partial charge in [0, 0.05) is 12.7 Å². The summed E-state index contributed by atoms with van der Waals surface area (Å²) in [6.07, 6.45) is 3.11. The van der Waals surface area contributed by atoms with Gasteiger partial charge in [0.1, 0.15) is 4.90 Å². The van der Waals surface area contributed by atoms with Crippen LogP contribution >= 0.6 is 0 Å². The van der Waals surface area contributed by atoms with Crippen LogP contribution in [0, 0.1) is 11.6 Å². The van der Waals surface area contributed by atoms with Crippen LogP contribution in [-0.4, -0.2) is 25.9 Å². The van der Waals surface area contributed by atoms with Crippen molar-refractivity contribution in [3.8, 4) is 0 Å². The molecule has 2 aromatic carbocycles. The van der Waals surface area contributed by atoms with Crippen molar-refractivity contribution in [2.45, 2.75) is 11.3 Å². The third-order valence-electron chi connectivity index (χ3n) is 4.02. The number of nitrogens with one attached hydrogen (secondary N) is 2. The quantitative estimate of drug-likeness (QED) is 0.618. The van der Waals surface area contributed by atoms with E-state index in [-0.39, 0.29) is 29.1 Å². The molecule has 29 heavy (non-hydrogen) atoms. The molecule has 3 rings (SSSR count). The number of benzene rings is 2. The number of pyridine rings is 1. The molecule has 0 radical (unpaired) electrons. The van der Waals surface area contributed by atoms with E-state index in [9.17, 15) is 22.0 Å². The van der Waals surface area contributed by atoms with E-state index in [0.717, 1.165) is 12.1 Å². The van der Waals surface area contributed by atoms with Gasteiger partial charge in [0.05, 0.1) is 17.4 Å². The molecular weight excluding hydrogens is 400 g/mol. The standard InChI is InChI=1S/C20H17F2N3O3S/c21-17-8-7-14(12-18(17)22)9-11-24-20(26)16-5-1-2-6-19(16)29(27,28)25-15-4-3-10-23-13-15/h1-8,10,12-13,25H,9,11H2,(H,24,26). The first-order valence-electron chi connectivity index (χ1n) is 8.61. The number of anilines is 1. The van der Waals surface area contributed by atoms with E-state index >= 15 is 0 Å². The molecule has 1 amide bonds. The summed E-state index contributed by atoms with van der Waals surface area (Å²) >= 11 is 0. The van der Waals surface area contributed by atoms with E-state index in [1.165, 1.54) is 42.7 Å². The Morgan fingerprint density at radius 1 is 1.00 bits per heavy atom. The molecular formula is C20H17F2N3O3S. The third kappa shape index (κ3) is 5.14. The fourth-order valence-corrected chi connectivity index (χ4v) is 3.88. The number of hydrogen-bond acceptors (Lipinski definition) is 4. The molecule has 0 atom stereocenters. The number of carbonyl (C=O) groups excluding carboxylic acids is 1. The minimum absolute atomic E-state index is 0.0332. The first-order valence-corrected chi connectivity index (χ1v) is 10.1. The maximum Gasteiger partial charge on any atom is 0.262 e. The Morgan fingerprint density at radius 3 is 2.52 bits per heavy atom. The van der Waals surface area contributed by atoms with E-state index in [2.05, 4.69) is 15.0 Å². The summed E-state index contributed by atoms with van der Waals surface area (Å²) in [5.74, 6) is -2.51. The Kier molecular flexibility index (Phi) is 6.18. The van der Waals surface area contributed by atoms with Crippen molar-refractivity contribution in [1.82, 2.24) is 10.3 Å². The zero-order valence-electron chi connectivity index (χ0n) is 15.1. The number of carbonyl (C=O) groups is 1. The lowest BCUT2D eigenvalue weighted by Gasteiger charge is -2.12. The number of amides is 1. The van der Waals surface area contributed by atoms with Crippen LogP contribution in [0.4, 0.5) is 14.5 Å². The van der Waals surface area contributed by atoms with Crippen LogP contribution in [-0.2, 0) is 16.4 Å².